The number of amides is 1. The van der Waals surface area contributed by atoms with E-state index in [1.54, 1.807) is 0 Å². The van der Waals surface area contributed by atoms with Crippen LogP contribution in [0.25, 0.3) is 0 Å². The number of rotatable bonds is 8. The molecule has 0 N–H and O–H groups in total. The lowest BCUT2D eigenvalue weighted by Gasteiger charge is -2.23. The van der Waals surface area contributed by atoms with Crippen LogP contribution < -0.4 is 0 Å². The molecule has 1 rings (SSSR count). The first-order valence-corrected chi connectivity index (χ1v) is 7.69. The van der Waals surface area contributed by atoms with Crippen molar-refractivity contribution in [2.45, 2.75) is 32.6 Å². The summed E-state index contributed by atoms with van der Waals surface area (Å²) in [5.41, 5.74) is -0.148. The van der Waals surface area contributed by atoms with Gasteiger partial charge in [-0.05, 0) is 18.6 Å². The van der Waals surface area contributed by atoms with Crippen LogP contribution in [0.3, 0.4) is 0 Å². The molecule has 0 radical (unpaired) electrons. The van der Waals surface area contributed by atoms with Crippen molar-refractivity contribution < 1.29 is 18.7 Å². The number of carbonyl (C=O) groups is 2. The topological polar surface area (TPSA) is 46.6 Å². The van der Waals surface area contributed by atoms with Gasteiger partial charge in [0.25, 0.3) is 5.91 Å². The van der Waals surface area contributed by atoms with Crippen molar-refractivity contribution in [2.24, 2.45) is 0 Å². The summed E-state index contributed by atoms with van der Waals surface area (Å²) in [7, 11) is 1.29. The van der Waals surface area contributed by atoms with E-state index in [4.69, 9.17) is 11.6 Å². The number of halogens is 2. The molecule has 1 aromatic rings. The highest BCUT2D eigenvalue weighted by Gasteiger charge is 2.22. The molecular formula is C16H21ClFNO3. The van der Waals surface area contributed by atoms with E-state index < -0.39 is 17.7 Å². The molecule has 0 fully saturated rings. The second kappa shape index (κ2) is 9.41. The lowest BCUT2D eigenvalue weighted by molar-refractivity contribution is -0.140. The SMILES string of the molecule is CCCCCN(CCC(=O)OC)C(=O)c1c(F)cccc1Cl. The van der Waals surface area contributed by atoms with Crippen LogP contribution in [-0.2, 0) is 9.53 Å². The minimum absolute atomic E-state index is 0.0699. The Labute approximate surface area is 135 Å². The van der Waals surface area contributed by atoms with Crippen LogP contribution in [0.5, 0.6) is 0 Å². The smallest absolute Gasteiger partial charge is 0.307 e. The van der Waals surface area contributed by atoms with Gasteiger partial charge in [0.1, 0.15) is 5.82 Å². The molecule has 6 heteroatoms. The molecule has 0 saturated carbocycles. The number of carbonyl (C=O) groups excluding carboxylic acids is 2. The van der Waals surface area contributed by atoms with E-state index in [2.05, 4.69) is 4.74 Å². The van der Waals surface area contributed by atoms with Crippen molar-refractivity contribution in [1.82, 2.24) is 4.90 Å². The van der Waals surface area contributed by atoms with Crippen LogP contribution in [0.4, 0.5) is 4.39 Å². The van der Waals surface area contributed by atoms with Crippen molar-refractivity contribution in [2.75, 3.05) is 20.2 Å². The summed E-state index contributed by atoms with van der Waals surface area (Å²) >= 11 is 5.94. The molecule has 0 heterocycles. The molecule has 0 bridgehead atoms. The summed E-state index contributed by atoms with van der Waals surface area (Å²) in [5.74, 6) is -1.56. The first-order valence-electron chi connectivity index (χ1n) is 7.31. The Morgan fingerprint density at radius 1 is 1.27 bits per heavy atom. The Hall–Kier alpha value is -1.62. The lowest BCUT2D eigenvalue weighted by atomic mass is 10.1. The Balaban J connectivity index is 2.88. The third kappa shape index (κ3) is 5.30. The summed E-state index contributed by atoms with van der Waals surface area (Å²) in [6, 6.07) is 4.12. The molecule has 1 amide bonds. The van der Waals surface area contributed by atoms with Crippen LogP contribution in [0.1, 0.15) is 43.0 Å². The van der Waals surface area contributed by atoms with Crippen molar-refractivity contribution in [1.29, 1.82) is 0 Å². The second-order valence-corrected chi connectivity index (χ2v) is 5.33. The van der Waals surface area contributed by atoms with Crippen LogP contribution >= 0.6 is 11.6 Å². The number of methoxy groups -OCH3 is 1. The number of hydrogen-bond acceptors (Lipinski definition) is 3. The molecule has 0 aliphatic rings. The number of benzene rings is 1. The molecule has 1 aromatic carbocycles. The number of esters is 1. The summed E-state index contributed by atoms with van der Waals surface area (Å²) in [6.07, 6.45) is 2.81. The molecule has 0 atom stereocenters. The van der Waals surface area contributed by atoms with Crippen LogP contribution in [0.2, 0.25) is 5.02 Å². The summed E-state index contributed by atoms with van der Waals surface area (Å²) in [6.45, 7) is 2.68. The standard InChI is InChI=1S/C16H21ClFNO3/c1-3-4-5-10-19(11-9-14(20)22-2)16(21)15-12(17)7-6-8-13(15)18/h6-8H,3-5,9-11H2,1-2H3. The average molecular weight is 330 g/mol. The quantitative estimate of drug-likeness (QED) is 0.540. The molecule has 0 aromatic heterocycles. The Bertz CT molecular complexity index is 502. The summed E-state index contributed by atoms with van der Waals surface area (Å²) in [5, 5.41) is 0.0727. The third-order valence-electron chi connectivity index (χ3n) is 3.31. The number of unbranched alkanes of at least 4 members (excludes halogenated alkanes) is 2. The Kier molecular flexibility index (Phi) is 7.88. The van der Waals surface area contributed by atoms with E-state index in [-0.39, 0.29) is 23.6 Å². The first-order chi connectivity index (χ1) is 10.5. The molecule has 4 nitrogen and oxygen atoms in total. The molecule has 0 unspecified atom stereocenters. The zero-order valence-electron chi connectivity index (χ0n) is 12.9. The van der Waals surface area contributed by atoms with Gasteiger partial charge in [-0.2, -0.15) is 0 Å². The zero-order valence-corrected chi connectivity index (χ0v) is 13.7. The van der Waals surface area contributed by atoms with Gasteiger partial charge in [-0.1, -0.05) is 37.4 Å². The number of nitrogens with zero attached hydrogens (tertiary/aromatic N) is 1. The fourth-order valence-corrected chi connectivity index (χ4v) is 2.30. The van der Waals surface area contributed by atoms with Gasteiger partial charge in [-0.3, -0.25) is 9.59 Å². The van der Waals surface area contributed by atoms with E-state index >= 15 is 0 Å². The van der Waals surface area contributed by atoms with Crippen molar-refractivity contribution in [3.8, 4) is 0 Å². The lowest BCUT2D eigenvalue weighted by Crippen LogP contribution is -2.35. The van der Waals surface area contributed by atoms with Crippen molar-refractivity contribution >= 4 is 23.5 Å². The predicted molar refractivity (Wildman–Crippen MR) is 83.5 cm³/mol. The maximum atomic E-state index is 13.9. The van der Waals surface area contributed by atoms with Gasteiger partial charge < -0.3 is 9.64 Å². The largest absolute Gasteiger partial charge is 0.469 e. The third-order valence-corrected chi connectivity index (χ3v) is 3.62. The van der Waals surface area contributed by atoms with E-state index in [1.807, 2.05) is 6.92 Å². The van der Waals surface area contributed by atoms with E-state index in [0.717, 1.165) is 19.3 Å². The highest BCUT2D eigenvalue weighted by molar-refractivity contribution is 6.33. The van der Waals surface area contributed by atoms with Gasteiger partial charge >= 0.3 is 5.97 Å². The number of hydrogen-bond donors (Lipinski definition) is 0. The molecule has 0 aliphatic heterocycles. The van der Waals surface area contributed by atoms with Crippen LogP contribution in [0.15, 0.2) is 18.2 Å². The molecule has 0 aliphatic carbocycles. The van der Waals surface area contributed by atoms with Crippen molar-refractivity contribution in [3.63, 3.8) is 0 Å². The van der Waals surface area contributed by atoms with Crippen LogP contribution in [-0.4, -0.2) is 37.0 Å². The van der Waals surface area contributed by atoms with E-state index in [0.29, 0.717) is 6.54 Å². The minimum Gasteiger partial charge on any atom is -0.469 e. The first kappa shape index (κ1) is 18.4. The highest BCUT2D eigenvalue weighted by Crippen LogP contribution is 2.21. The van der Waals surface area contributed by atoms with Gasteiger partial charge in [0.2, 0.25) is 0 Å². The average Bonchev–Trinajstić information content (AvgIpc) is 2.50. The van der Waals surface area contributed by atoms with E-state index in [9.17, 15) is 14.0 Å². The maximum Gasteiger partial charge on any atom is 0.307 e. The Morgan fingerprint density at radius 3 is 2.59 bits per heavy atom. The minimum atomic E-state index is -0.656. The second-order valence-electron chi connectivity index (χ2n) is 4.92. The van der Waals surface area contributed by atoms with Crippen LogP contribution in [0, 0.1) is 5.82 Å². The fraction of sp³-hybridized carbons (Fsp3) is 0.500. The fourth-order valence-electron chi connectivity index (χ4n) is 2.06. The predicted octanol–water partition coefficient (Wildman–Crippen LogP) is 3.67. The normalized spacial score (nSPS) is 10.4. The van der Waals surface area contributed by atoms with Gasteiger partial charge in [0.05, 0.1) is 24.1 Å². The Morgan fingerprint density at radius 2 is 2.00 bits per heavy atom. The van der Waals surface area contributed by atoms with Gasteiger partial charge in [-0.25, -0.2) is 4.39 Å². The highest BCUT2D eigenvalue weighted by atomic mass is 35.5. The molecule has 0 saturated heterocycles. The molecule has 0 spiro atoms. The van der Waals surface area contributed by atoms with Crippen molar-refractivity contribution in [3.05, 3.63) is 34.6 Å². The number of ether oxygens (including phenoxy) is 1. The monoisotopic (exact) mass is 329 g/mol. The molecular weight excluding hydrogens is 309 g/mol. The van der Waals surface area contributed by atoms with Gasteiger partial charge in [0.15, 0.2) is 0 Å². The molecule has 122 valence electrons. The maximum absolute atomic E-state index is 13.9. The summed E-state index contributed by atoms with van der Waals surface area (Å²) < 4.78 is 18.5. The van der Waals surface area contributed by atoms with E-state index in [1.165, 1.54) is 30.2 Å². The zero-order chi connectivity index (χ0) is 16.5. The van der Waals surface area contributed by atoms with Gasteiger partial charge in [0, 0.05) is 13.1 Å². The molecule has 22 heavy (non-hydrogen) atoms. The van der Waals surface area contributed by atoms with Gasteiger partial charge in [-0.15, -0.1) is 0 Å². The summed E-state index contributed by atoms with van der Waals surface area (Å²) in [4.78, 5) is 25.3.